The first-order valence-corrected chi connectivity index (χ1v) is 6.35. The lowest BCUT2D eigenvalue weighted by atomic mass is 10.1. The average Bonchev–Trinajstić information content (AvgIpc) is 3.23. The van der Waals surface area contributed by atoms with Gasteiger partial charge in [-0.25, -0.2) is 4.39 Å². The van der Waals surface area contributed by atoms with E-state index in [-0.39, 0.29) is 29.6 Å². The summed E-state index contributed by atoms with van der Waals surface area (Å²) >= 11 is 0. The Balaban J connectivity index is 1.54. The Morgan fingerprint density at radius 3 is 2.68 bits per heavy atom. The van der Waals surface area contributed by atoms with Gasteiger partial charge in [-0.05, 0) is 30.5 Å². The lowest BCUT2D eigenvalue weighted by molar-refractivity contribution is -0.140. The quantitative estimate of drug-likeness (QED) is 0.865. The maximum absolute atomic E-state index is 13.1. The van der Waals surface area contributed by atoms with Crippen LogP contribution in [0.25, 0.3) is 0 Å². The van der Waals surface area contributed by atoms with Gasteiger partial charge in [0.15, 0.2) is 0 Å². The van der Waals surface area contributed by atoms with Crippen molar-refractivity contribution in [1.29, 1.82) is 0 Å². The second-order valence-electron chi connectivity index (χ2n) is 5.30. The van der Waals surface area contributed by atoms with Crippen LogP contribution in [0.5, 0.6) is 0 Å². The minimum Gasteiger partial charge on any atom is -0.481 e. The zero-order valence-electron chi connectivity index (χ0n) is 10.2. The van der Waals surface area contributed by atoms with Crippen LogP contribution in [-0.4, -0.2) is 23.0 Å². The highest BCUT2D eigenvalue weighted by Gasteiger charge is 2.50. The Kier molecular flexibility index (Phi) is 2.77. The summed E-state index contributed by atoms with van der Waals surface area (Å²) in [5, 5.41) is 11.6. The number of carbonyl (C=O) groups excluding carboxylic acids is 1. The van der Waals surface area contributed by atoms with Crippen molar-refractivity contribution in [1.82, 2.24) is 5.32 Å². The Hall–Kier alpha value is -1.91. The van der Waals surface area contributed by atoms with Gasteiger partial charge in [-0.15, -0.1) is 0 Å². The molecule has 0 spiro atoms. The standard InChI is InChI=1S/C14H14FNO3/c15-8-3-1-2-7(4-8)9-6-12(9)16-13(17)10-5-11(10)14(18)19/h1-4,9-12H,5-6H2,(H,16,17)(H,18,19)/t9-,10+,11-,12+/m1/s1. The molecule has 3 rings (SSSR count). The maximum Gasteiger partial charge on any atom is 0.307 e. The molecule has 0 radical (unpaired) electrons. The first-order chi connectivity index (χ1) is 9.06. The van der Waals surface area contributed by atoms with Crippen molar-refractivity contribution in [2.45, 2.75) is 24.8 Å². The number of benzene rings is 1. The first kappa shape index (κ1) is 12.1. The molecule has 0 heterocycles. The van der Waals surface area contributed by atoms with Crippen molar-refractivity contribution >= 4 is 11.9 Å². The van der Waals surface area contributed by atoms with Crippen LogP contribution in [-0.2, 0) is 9.59 Å². The molecule has 0 aromatic heterocycles. The summed E-state index contributed by atoms with van der Waals surface area (Å²) in [5.41, 5.74) is 0.885. The van der Waals surface area contributed by atoms with E-state index in [0.29, 0.717) is 6.42 Å². The normalized spacial score (nSPS) is 31.6. The highest BCUT2D eigenvalue weighted by Crippen LogP contribution is 2.43. The smallest absolute Gasteiger partial charge is 0.307 e. The van der Waals surface area contributed by atoms with Crippen LogP contribution in [0.1, 0.15) is 24.3 Å². The third-order valence-electron chi connectivity index (χ3n) is 3.84. The van der Waals surface area contributed by atoms with E-state index in [1.165, 1.54) is 12.1 Å². The maximum atomic E-state index is 13.1. The van der Waals surface area contributed by atoms with E-state index in [1.54, 1.807) is 6.07 Å². The molecule has 4 nitrogen and oxygen atoms in total. The van der Waals surface area contributed by atoms with Crippen LogP contribution in [0.4, 0.5) is 4.39 Å². The monoisotopic (exact) mass is 263 g/mol. The van der Waals surface area contributed by atoms with Crippen LogP contribution in [0.3, 0.4) is 0 Å². The Bertz CT molecular complexity index is 545. The highest BCUT2D eigenvalue weighted by molar-refractivity contribution is 5.89. The molecule has 1 aromatic rings. The largest absolute Gasteiger partial charge is 0.481 e. The van der Waals surface area contributed by atoms with Crippen LogP contribution in [0.2, 0.25) is 0 Å². The molecule has 2 N–H and O–H groups in total. The first-order valence-electron chi connectivity index (χ1n) is 6.35. The summed E-state index contributed by atoms with van der Waals surface area (Å²) in [5.74, 6) is -2.11. The number of amides is 1. The fraction of sp³-hybridized carbons (Fsp3) is 0.429. The molecule has 0 saturated heterocycles. The van der Waals surface area contributed by atoms with Crippen molar-refractivity contribution in [2.75, 3.05) is 0 Å². The summed E-state index contributed by atoms with van der Waals surface area (Å²) in [6.45, 7) is 0. The van der Waals surface area contributed by atoms with Crippen molar-refractivity contribution in [3.63, 3.8) is 0 Å². The van der Waals surface area contributed by atoms with Gasteiger partial charge in [0.2, 0.25) is 5.91 Å². The molecule has 4 atom stereocenters. The number of carboxylic acids is 1. The van der Waals surface area contributed by atoms with Gasteiger partial charge in [0, 0.05) is 12.0 Å². The number of halogens is 1. The SMILES string of the molecule is O=C(N[C@H]1C[C@@H]1c1cccc(F)c1)[C@H]1C[C@H]1C(=O)O. The van der Waals surface area contributed by atoms with Crippen LogP contribution < -0.4 is 5.32 Å². The number of rotatable bonds is 4. The van der Waals surface area contributed by atoms with E-state index in [1.807, 2.05) is 6.07 Å². The zero-order valence-corrected chi connectivity index (χ0v) is 10.2. The van der Waals surface area contributed by atoms with Crippen molar-refractivity contribution in [3.8, 4) is 0 Å². The minimum absolute atomic E-state index is 0.0179. The lowest BCUT2D eigenvalue weighted by Crippen LogP contribution is -2.29. The molecule has 5 heteroatoms. The molecule has 2 aliphatic carbocycles. The number of hydrogen-bond donors (Lipinski definition) is 2. The van der Waals surface area contributed by atoms with Gasteiger partial charge in [-0.1, -0.05) is 12.1 Å². The van der Waals surface area contributed by atoms with Crippen molar-refractivity contribution in [2.24, 2.45) is 11.8 Å². The molecular weight excluding hydrogens is 249 g/mol. The predicted molar refractivity (Wildman–Crippen MR) is 64.9 cm³/mol. The molecule has 2 fully saturated rings. The lowest BCUT2D eigenvalue weighted by Gasteiger charge is -2.04. The molecule has 100 valence electrons. The summed E-state index contributed by atoms with van der Waals surface area (Å²) in [7, 11) is 0. The van der Waals surface area contributed by atoms with E-state index in [4.69, 9.17) is 5.11 Å². The zero-order chi connectivity index (χ0) is 13.6. The van der Waals surface area contributed by atoms with E-state index in [9.17, 15) is 14.0 Å². The fourth-order valence-corrected chi connectivity index (χ4v) is 2.51. The summed E-state index contributed by atoms with van der Waals surface area (Å²) in [6, 6.07) is 6.39. The minimum atomic E-state index is -0.905. The van der Waals surface area contributed by atoms with E-state index >= 15 is 0 Å². The van der Waals surface area contributed by atoms with Gasteiger partial charge < -0.3 is 10.4 Å². The summed E-state index contributed by atoms with van der Waals surface area (Å²) in [6.07, 6.45) is 1.22. The molecular formula is C14H14FNO3. The van der Waals surface area contributed by atoms with Gasteiger partial charge in [0.05, 0.1) is 11.8 Å². The molecule has 0 aliphatic heterocycles. The van der Waals surface area contributed by atoms with E-state index in [2.05, 4.69) is 5.32 Å². The molecule has 1 aromatic carbocycles. The second kappa shape index (κ2) is 4.33. The van der Waals surface area contributed by atoms with Gasteiger partial charge in [-0.2, -0.15) is 0 Å². The van der Waals surface area contributed by atoms with Gasteiger partial charge >= 0.3 is 5.97 Å². The molecule has 2 saturated carbocycles. The van der Waals surface area contributed by atoms with Gasteiger partial charge in [0.1, 0.15) is 5.82 Å². The van der Waals surface area contributed by atoms with Crippen molar-refractivity contribution in [3.05, 3.63) is 35.6 Å². The molecule has 1 amide bonds. The number of aliphatic carboxylic acids is 1. The average molecular weight is 263 g/mol. The third-order valence-corrected chi connectivity index (χ3v) is 3.84. The van der Waals surface area contributed by atoms with E-state index in [0.717, 1.165) is 12.0 Å². The predicted octanol–water partition coefficient (Wildman–Crippen LogP) is 1.52. The molecule has 19 heavy (non-hydrogen) atoms. The summed E-state index contributed by atoms with van der Waals surface area (Å²) in [4.78, 5) is 22.4. The number of nitrogens with one attached hydrogen (secondary N) is 1. The number of carboxylic acid groups (broad SMARTS) is 1. The Labute approximate surface area is 109 Å². The second-order valence-corrected chi connectivity index (χ2v) is 5.30. The number of hydrogen-bond acceptors (Lipinski definition) is 2. The van der Waals surface area contributed by atoms with Crippen LogP contribution >= 0.6 is 0 Å². The fourth-order valence-electron chi connectivity index (χ4n) is 2.51. The molecule has 2 aliphatic rings. The van der Waals surface area contributed by atoms with Crippen molar-refractivity contribution < 1.29 is 19.1 Å². The van der Waals surface area contributed by atoms with Gasteiger partial charge in [0.25, 0.3) is 0 Å². The topological polar surface area (TPSA) is 66.4 Å². The van der Waals surface area contributed by atoms with Gasteiger partial charge in [-0.3, -0.25) is 9.59 Å². The highest BCUT2D eigenvalue weighted by atomic mass is 19.1. The Morgan fingerprint density at radius 2 is 2.05 bits per heavy atom. The molecule has 0 unspecified atom stereocenters. The third kappa shape index (κ3) is 2.45. The van der Waals surface area contributed by atoms with Crippen LogP contribution in [0, 0.1) is 17.7 Å². The number of carbonyl (C=O) groups is 2. The Morgan fingerprint density at radius 1 is 1.26 bits per heavy atom. The van der Waals surface area contributed by atoms with E-state index < -0.39 is 11.9 Å². The molecule has 0 bridgehead atoms. The van der Waals surface area contributed by atoms with Crippen LogP contribution in [0.15, 0.2) is 24.3 Å². The summed E-state index contributed by atoms with van der Waals surface area (Å²) < 4.78 is 13.1.